The van der Waals surface area contributed by atoms with Crippen molar-refractivity contribution in [2.75, 3.05) is 0 Å². The molecule has 0 aliphatic carbocycles. The molecule has 0 unspecified atom stereocenters. The standard InChI is InChI=1S/C14H18N4O/c1-4-13-12(9-10(2)16-17-13)14(19)6-5-11-7-8-15-18(11)3/h7-9H,4-6H2,1-3H3. The Kier molecular flexibility index (Phi) is 4.04. The zero-order valence-electron chi connectivity index (χ0n) is 11.6. The molecule has 0 aliphatic rings. The molecule has 0 N–H and O–H groups in total. The highest BCUT2D eigenvalue weighted by Crippen LogP contribution is 2.12. The van der Waals surface area contributed by atoms with Crippen LogP contribution in [-0.2, 0) is 19.9 Å². The number of carbonyl (C=O) groups excluding carboxylic acids is 1. The van der Waals surface area contributed by atoms with Crippen LogP contribution in [0.25, 0.3) is 0 Å². The first kappa shape index (κ1) is 13.4. The van der Waals surface area contributed by atoms with Crippen molar-refractivity contribution in [3.63, 3.8) is 0 Å². The van der Waals surface area contributed by atoms with Crippen LogP contribution in [0.2, 0.25) is 0 Å². The summed E-state index contributed by atoms with van der Waals surface area (Å²) in [7, 11) is 1.88. The maximum atomic E-state index is 12.3. The molecular weight excluding hydrogens is 240 g/mol. The second-order valence-corrected chi connectivity index (χ2v) is 4.57. The molecule has 0 bridgehead atoms. The van der Waals surface area contributed by atoms with Gasteiger partial charge in [-0.1, -0.05) is 6.92 Å². The van der Waals surface area contributed by atoms with Crippen molar-refractivity contribution >= 4 is 5.78 Å². The van der Waals surface area contributed by atoms with Crippen LogP contribution >= 0.6 is 0 Å². The monoisotopic (exact) mass is 258 g/mol. The topological polar surface area (TPSA) is 60.7 Å². The fourth-order valence-electron chi connectivity index (χ4n) is 2.04. The molecule has 2 aromatic rings. The van der Waals surface area contributed by atoms with E-state index in [4.69, 9.17) is 0 Å². The predicted molar refractivity (Wildman–Crippen MR) is 72.0 cm³/mol. The summed E-state index contributed by atoms with van der Waals surface area (Å²) < 4.78 is 1.80. The van der Waals surface area contributed by atoms with Gasteiger partial charge in [-0.2, -0.15) is 15.3 Å². The van der Waals surface area contributed by atoms with E-state index in [1.807, 2.05) is 33.0 Å². The van der Waals surface area contributed by atoms with Gasteiger partial charge < -0.3 is 0 Å². The first-order valence-electron chi connectivity index (χ1n) is 6.45. The smallest absolute Gasteiger partial charge is 0.165 e. The Morgan fingerprint density at radius 1 is 1.37 bits per heavy atom. The van der Waals surface area contributed by atoms with Gasteiger partial charge in [0.2, 0.25) is 0 Å². The van der Waals surface area contributed by atoms with Gasteiger partial charge in [0.1, 0.15) is 0 Å². The van der Waals surface area contributed by atoms with Crippen LogP contribution in [0.4, 0.5) is 0 Å². The number of aryl methyl sites for hydroxylation is 4. The maximum Gasteiger partial charge on any atom is 0.165 e. The third-order valence-corrected chi connectivity index (χ3v) is 3.16. The van der Waals surface area contributed by atoms with Crippen molar-refractivity contribution in [2.24, 2.45) is 7.05 Å². The summed E-state index contributed by atoms with van der Waals surface area (Å²) in [6, 6.07) is 3.77. The Balaban J connectivity index is 2.12. The van der Waals surface area contributed by atoms with Gasteiger partial charge in [-0.05, 0) is 31.9 Å². The highest BCUT2D eigenvalue weighted by molar-refractivity contribution is 5.97. The minimum absolute atomic E-state index is 0.121. The highest BCUT2D eigenvalue weighted by Gasteiger charge is 2.13. The summed E-state index contributed by atoms with van der Waals surface area (Å²) in [5, 5.41) is 12.2. The average molecular weight is 258 g/mol. The summed E-state index contributed by atoms with van der Waals surface area (Å²) in [6.45, 7) is 3.83. The maximum absolute atomic E-state index is 12.3. The molecule has 0 aromatic carbocycles. The summed E-state index contributed by atoms with van der Waals surface area (Å²) in [5.74, 6) is 0.121. The number of ketones is 1. The molecule has 0 atom stereocenters. The zero-order valence-corrected chi connectivity index (χ0v) is 11.6. The lowest BCUT2D eigenvalue weighted by Gasteiger charge is -2.06. The van der Waals surface area contributed by atoms with Gasteiger partial charge in [0.05, 0.1) is 11.4 Å². The Morgan fingerprint density at radius 3 is 2.79 bits per heavy atom. The first-order valence-corrected chi connectivity index (χ1v) is 6.45. The van der Waals surface area contributed by atoms with Gasteiger partial charge >= 0.3 is 0 Å². The van der Waals surface area contributed by atoms with Crippen molar-refractivity contribution in [1.29, 1.82) is 0 Å². The van der Waals surface area contributed by atoms with Gasteiger partial charge in [0.25, 0.3) is 0 Å². The molecule has 0 saturated heterocycles. The molecule has 0 aliphatic heterocycles. The number of nitrogens with zero attached hydrogens (tertiary/aromatic N) is 4. The van der Waals surface area contributed by atoms with Crippen LogP contribution in [0.3, 0.4) is 0 Å². The van der Waals surface area contributed by atoms with E-state index in [0.29, 0.717) is 18.4 Å². The highest BCUT2D eigenvalue weighted by atomic mass is 16.1. The van der Waals surface area contributed by atoms with Gasteiger partial charge in [-0.3, -0.25) is 9.48 Å². The van der Waals surface area contributed by atoms with Crippen molar-refractivity contribution in [2.45, 2.75) is 33.1 Å². The summed E-state index contributed by atoms with van der Waals surface area (Å²) >= 11 is 0. The lowest BCUT2D eigenvalue weighted by Crippen LogP contribution is -2.10. The Labute approximate surface area is 112 Å². The van der Waals surface area contributed by atoms with Gasteiger partial charge in [-0.25, -0.2) is 0 Å². The lowest BCUT2D eigenvalue weighted by molar-refractivity contribution is 0.0980. The van der Waals surface area contributed by atoms with E-state index in [2.05, 4.69) is 15.3 Å². The average Bonchev–Trinajstić information content (AvgIpc) is 2.81. The van der Waals surface area contributed by atoms with Crippen LogP contribution in [0.15, 0.2) is 18.3 Å². The van der Waals surface area contributed by atoms with Crippen molar-refractivity contribution in [3.8, 4) is 0 Å². The normalized spacial score (nSPS) is 10.7. The van der Waals surface area contributed by atoms with E-state index >= 15 is 0 Å². The van der Waals surface area contributed by atoms with E-state index in [-0.39, 0.29) is 5.78 Å². The largest absolute Gasteiger partial charge is 0.294 e. The van der Waals surface area contributed by atoms with E-state index < -0.39 is 0 Å². The summed E-state index contributed by atoms with van der Waals surface area (Å²) in [4.78, 5) is 12.3. The fraction of sp³-hybridized carbons (Fsp3) is 0.429. The molecule has 0 spiro atoms. The van der Waals surface area contributed by atoms with E-state index in [1.54, 1.807) is 10.9 Å². The number of aromatic nitrogens is 4. The fourth-order valence-corrected chi connectivity index (χ4v) is 2.04. The van der Waals surface area contributed by atoms with Crippen LogP contribution in [-0.4, -0.2) is 25.8 Å². The molecule has 0 amide bonds. The van der Waals surface area contributed by atoms with Crippen molar-refractivity contribution in [1.82, 2.24) is 20.0 Å². The molecule has 0 saturated carbocycles. The molecule has 100 valence electrons. The molecular formula is C14H18N4O. The van der Waals surface area contributed by atoms with E-state index in [9.17, 15) is 4.79 Å². The summed E-state index contributed by atoms with van der Waals surface area (Å²) in [5.41, 5.74) is 3.32. The molecule has 5 heteroatoms. The predicted octanol–water partition coefficient (Wildman–Crippen LogP) is 1.90. The molecule has 0 fully saturated rings. The van der Waals surface area contributed by atoms with E-state index in [1.165, 1.54) is 0 Å². The first-order chi connectivity index (χ1) is 9.11. The zero-order chi connectivity index (χ0) is 13.8. The molecule has 5 nitrogen and oxygen atoms in total. The molecule has 2 rings (SSSR count). The van der Waals surface area contributed by atoms with Gasteiger partial charge in [0, 0.05) is 30.9 Å². The third-order valence-electron chi connectivity index (χ3n) is 3.16. The second kappa shape index (κ2) is 5.73. The van der Waals surface area contributed by atoms with E-state index in [0.717, 1.165) is 23.5 Å². The number of rotatable bonds is 5. The molecule has 0 radical (unpaired) electrons. The molecule has 2 heterocycles. The van der Waals surface area contributed by atoms with Gasteiger partial charge in [-0.15, -0.1) is 0 Å². The Morgan fingerprint density at radius 2 is 2.16 bits per heavy atom. The van der Waals surface area contributed by atoms with Crippen molar-refractivity contribution in [3.05, 3.63) is 41.0 Å². The number of hydrogen-bond acceptors (Lipinski definition) is 4. The van der Waals surface area contributed by atoms with Crippen molar-refractivity contribution < 1.29 is 4.79 Å². The molecule has 19 heavy (non-hydrogen) atoms. The van der Waals surface area contributed by atoms with Crippen LogP contribution in [0.5, 0.6) is 0 Å². The Bertz CT molecular complexity index is 589. The minimum Gasteiger partial charge on any atom is -0.294 e. The Hall–Kier alpha value is -2.04. The number of hydrogen-bond donors (Lipinski definition) is 0. The lowest BCUT2D eigenvalue weighted by atomic mass is 10.0. The quantitative estimate of drug-likeness (QED) is 0.768. The number of carbonyl (C=O) groups is 1. The van der Waals surface area contributed by atoms with Gasteiger partial charge in [0.15, 0.2) is 5.78 Å². The third kappa shape index (κ3) is 3.05. The number of Topliss-reactive ketones (excluding diaryl/α,β-unsaturated/α-hetero) is 1. The van der Waals surface area contributed by atoms with Crippen LogP contribution in [0, 0.1) is 6.92 Å². The van der Waals surface area contributed by atoms with Crippen LogP contribution in [0.1, 0.15) is 40.8 Å². The SMILES string of the molecule is CCc1nnc(C)cc1C(=O)CCc1ccnn1C. The second-order valence-electron chi connectivity index (χ2n) is 4.57. The summed E-state index contributed by atoms with van der Waals surface area (Å²) in [6.07, 6.45) is 3.63. The minimum atomic E-state index is 0.121. The molecule has 2 aromatic heterocycles. The van der Waals surface area contributed by atoms with Crippen LogP contribution < -0.4 is 0 Å².